The molecule has 2 N–H and O–H groups in total. The van der Waals surface area contributed by atoms with E-state index in [-0.39, 0.29) is 24.7 Å². The highest BCUT2D eigenvalue weighted by Crippen LogP contribution is 2.09. The molecule has 1 aromatic heterocycles. The molecule has 0 aliphatic carbocycles. The average molecular weight is 282 g/mol. The standard InChI is InChI=1S/C14H22N2O2S/c1-11(8-12-4-7-19-10-12)16-14(17)9-18-13-2-5-15-6-3-13/h4,7,10-11,13,15H,2-3,5-6,8-9H2,1H3,(H,16,17). The first-order valence-electron chi connectivity index (χ1n) is 6.87. The summed E-state index contributed by atoms with van der Waals surface area (Å²) in [6.07, 6.45) is 3.11. The summed E-state index contributed by atoms with van der Waals surface area (Å²) in [6.45, 7) is 4.18. The average Bonchev–Trinajstić information content (AvgIpc) is 2.90. The lowest BCUT2D eigenvalue weighted by Gasteiger charge is -2.23. The van der Waals surface area contributed by atoms with Crippen LogP contribution in [0.2, 0.25) is 0 Å². The Hall–Kier alpha value is -0.910. The molecular weight excluding hydrogens is 260 g/mol. The van der Waals surface area contributed by atoms with Gasteiger partial charge in [0, 0.05) is 6.04 Å². The van der Waals surface area contributed by atoms with Gasteiger partial charge in [-0.3, -0.25) is 4.79 Å². The van der Waals surface area contributed by atoms with Gasteiger partial charge in [-0.15, -0.1) is 0 Å². The summed E-state index contributed by atoms with van der Waals surface area (Å²) in [5.74, 6) is -0.0127. The normalized spacial score (nSPS) is 18.2. The number of nitrogens with one attached hydrogen (secondary N) is 2. The molecule has 106 valence electrons. The van der Waals surface area contributed by atoms with Crippen LogP contribution in [0.1, 0.15) is 25.3 Å². The minimum absolute atomic E-state index is 0.0127. The van der Waals surface area contributed by atoms with E-state index >= 15 is 0 Å². The maximum atomic E-state index is 11.8. The minimum Gasteiger partial charge on any atom is -0.368 e. The lowest BCUT2D eigenvalue weighted by Crippen LogP contribution is -2.39. The van der Waals surface area contributed by atoms with Crippen LogP contribution in [-0.2, 0) is 16.0 Å². The van der Waals surface area contributed by atoms with E-state index in [2.05, 4.69) is 27.5 Å². The highest BCUT2D eigenvalue weighted by Gasteiger charge is 2.15. The highest BCUT2D eigenvalue weighted by atomic mass is 32.1. The number of rotatable bonds is 6. The summed E-state index contributed by atoms with van der Waals surface area (Å²) in [7, 11) is 0. The lowest BCUT2D eigenvalue weighted by atomic mass is 10.1. The van der Waals surface area contributed by atoms with Gasteiger partial charge < -0.3 is 15.4 Å². The third kappa shape index (κ3) is 5.30. The van der Waals surface area contributed by atoms with E-state index < -0.39 is 0 Å². The smallest absolute Gasteiger partial charge is 0.246 e. The lowest BCUT2D eigenvalue weighted by molar-refractivity contribution is -0.128. The van der Waals surface area contributed by atoms with Crippen molar-refractivity contribution in [3.63, 3.8) is 0 Å². The predicted octanol–water partition coefficient (Wildman–Crippen LogP) is 1.56. The van der Waals surface area contributed by atoms with Crippen LogP contribution in [0.4, 0.5) is 0 Å². The van der Waals surface area contributed by atoms with Gasteiger partial charge in [-0.1, -0.05) is 0 Å². The number of piperidine rings is 1. The number of thiophene rings is 1. The number of amides is 1. The second kappa shape index (κ2) is 7.62. The first kappa shape index (κ1) is 14.5. The van der Waals surface area contributed by atoms with E-state index in [4.69, 9.17) is 4.74 Å². The van der Waals surface area contributed by atoms with Gasteiger partial charge in [-0.25, -0.2) is 0 Å². The molecular formula is C14H22N2O2S. The second-order valence-corrected chi connectivity index (χ2v) is 5.84. The fourth-order valence-corrected chi connectivity index (χ4v) is 2.97. The molecule has 1 aromatic rings. The Balaban J connectivity index is 1.63. The molecule has 4 nitrogen and oxygen atoms in total. The molecule has 0 bridgehead atoms. The minimum atomic E-state index is -0.0127. The molecule has 0 aromatic carbocycles. The molecule has 1 atom stereocenters. The van der Waals surface area contributed by atoms with Crippen molar-refractivity contribution < 1.29 is 9.53 Å². The van der Waals surface area contributed by atoms with Crippen molar-refractivity contribution in [3.8, 4) is 0 Å². The number of ether oxygens (including phenoxy) is 1. The van der Waals surface area contributed by atoms with Crippen LogP contribution in [0.5, 0.6) is 0 Å². The summed E-state index contributed by atoms with van der Waals surface area (Å²) in [5.41, 5.74) is 1.28. The van der Waals surface area contributed by atoms with Crippen molar-refractivity contribution in [2.24, 2.45) is 0 Å². The zero-order valence-corrected chi connectivity index (χ0v) is 12.2. The topological polar surface area (TPSA) is 50.4 Å². The highest BCUT2D eigenvalue weighted by molar-refractivity contribution is 7.07. The van der Waals surface area contributed by atoms with E-state index in [0.29, 0.717) is 0 Å². The van der Waals surface area contributed by atoms with Gasteiger partial charge >= 0.3 is 0 Å². The molecule has 1 fully saturated rings. The van der Waals surface area contributed by atoms with Crippen molar-refractivity contribution >= 4 is 17.2 Å². The molecule has 5 heteroatoms. The van der Waals surface area contributed by atoms with E-state index in [9.17, 15) is 4.79 Å². The second-order valence-electron chi connectivity index (χ2n) is 5.06. The molecule has 1 aliphatic rings. The number of carbonyl (C=O) groups is 1. The van der Waals surface area contributed by atoms with Gasteiger partial charge in [0.15, 0.2) is 0 Å². The van der Waals surface area contributed by atoms with Gasteiger partial charge in [-0.05, 0) is 61.7 Å². The van der Waals surface area contributed by atoms with Crippen LogP contribution in [0.15, 0.2) is 16.8 Å². The van der Waals surface area contributed by atoms with E-state index in [0.717, 1.165) is 32.4 Å². The quantitative estimate of drug-likeness (QED) is 0.832. The Morgan fingerprint density at radius 1 is 1.58 bits per heavy atom. The van der Waals surface area contributed by atoms with Gasteiger partial charge in [0.25, 0.3) is 0 Å². The van der Waals surface area contributed by atoms with Crippen molar-refractivity contribution in [2.45, 2.75) is 38.3 Å². The molecule has 2 rings (SSSR count). The Kier molecular flexibility index (Phi) is 5.82. The fourth-order valence-electron chi connectivity index (χ4n) is 2.29. The molecule has 1 amide bonds. The molecule has 2 heterocycles. The molecule has 0 saturated carbocycles. The number of carbonyl (C=O) groups excluding carboxylic acids is 1. The largest absolute Gasteiger partial charge is 0.368 e. The van der Waals surface area contributed by atoms with Crippen LogP contribution < -0.4 is 10.6 Å². The van der Waals surface area contributed by atoms with Crippen LogP contribution in [0.3, 0.4) is 0 Å². The Bertz CT molecular complexity index is 375. The van der Waals surface area contributed by atoms with Crippen molar-refractivity contribution in [2.75, 3.05) is 19.7 Å². The van der Waals surface area contributed by atoms with Gasteiger partial charge in [0.1, 0.15) is 6.61 Å². The van der Waals surface area contributed by atoms with Crippen LogP contribution >= 0.6 is 11.3 Å². The molecule has 1 saturated heterocycles. The van der Waals surface area contributed by atoms with E-state index in [1.807, 2.05) is 6.92 Å². The number of hydrogen-bond donors (Lipinski definition) is 2. The van der Waals surface area contributed by atoms with Crippen molar-refractivity contribution in [1.29, 1.82) is 0 Å². The molecule has 1 unspecified atom stereocenters. The first-order chi connectivity index (χ1) is 9.24. The molecule has 0 spiro atoms. The first-order valence-corrected chi connectivity index (χ1v) is 7.81. The zero-order valence-electron chi connectivity index (χ0n) is 11.4. The Labute approximate surface area is 118 Å². The summed E-state index contributed by atoms with van der Waals surface area (Å²) in [6, 6.07) is 2.25. The summed E-state index contributed by atoms with van der Waals surface area (Å²) < 4.78 is 5.63. The molecule has 1 aliphatic heterocycles. The monoisotopic (exact) mass is 282 g/mol. The predicted molar refractivity (Wildman–Crippen MR) is 77.5 cm³/mol. The zero-order chi connectivity index (χ0) is 13.5. The van der Waals surface area contributed by atoms with Crippen molar-refractivity contribution in [3.05, 3.63) is 22.4 Å². The molecule has 0 radical (unpaired) electrons. The van der Waals surface area contributed by atoms with Gasteiger partial charge in [-0.2, -0.15) is 11.3 Å². The van der Waals surface area contributed by atoms with Gasteiger partial charge in [0.2, 0.25) is 5.91 Å². The van der Waals surface area contributed by atoms with Crippen LogP contribution in [0, 0.1) is 0 Å². The Morgan fingerprint density at radius 2 is 2.37 bits per heavy atom. The van der Waals surface area contributed by atoms with Crippen LogP contribution in [0.25, 0.3) is 0 Å². The van der Waals surface area contributed by atoms with Gasteiger partial charge in [0.05, 0.1) is 6.10 Å². The van der Waals surface area contributed by atoms with Crippen molar-refractivity contribution in [1.82, 2.24) is 10.6 Å². The summed E-state index contributed by atoms with van der Waals surface area (Å²) in [5, 5.41) is 10.4. The maximum absolute atomic E-state index is 11.8. The molecule has 19 heavy (non-hydrogen) atoms. The number of hydrogen-bond acceptors (Lipinski definition) is 4. The SMILES string of the molecule is CC(Cc1ccsc1)NC(=O)COC1CCNCC1. The fraction of sp³-hybridized carbons (Fsp3) is 0.643. The summed E-state index contributed by atoms with van der Waals surface area (Å²) >= 11 is 1.69. The maximum Gasteiger partial charge on any atom is 0.246 e. The third-order valence-corrected chi connectivity index (χ3v) is 4.00. The third-order valence-electron chi connectivity index (χ3n) is 3.27. The summed E-state index contributed by atoms with van der Waals surface area (Å²) in [4.78, 5) is 11.8. The van der Waals surface area contributed by atoms with E-state index in [1.165, 1.54) is 5.56 Å². The van der Waals surface area contributed by atoms with Crippen LogP contribution in [-0.4, -0.2) is 37.7 Å². The Morgan fingerprint density at radius 3 is 3.05 bits per heavy atom. The van der Waals surface area contributed by atoms with E-state index in [1.54, 1.807) is 11.3 Å².